The van der Waals surface area contributed by atoms with Gasteiger partial charge in [0.25, 0.3) is 5.91 Å². The van der Waals surface area contributed by atoms with E-state index in [1.807, 2.05) is 0 Å². The third-order valence-electron chi connectivity index (χ3n) is 5.34. The molecule has 2 heterocycles. The molecule has 0 bridgehead atoms. The maximum Gasteiger partial charge on any atom is 0.257 e. The van der Waals surface area contributed by atoms with Crippen LogP contribution in [0, 0.1) is 11.6 Å². The van der Waals surface area contributed by atoms with Crippen molar-refractivity contribution >= 4 is 17.5 Å². The summed E-state index contributed by atoms with van der Waals surface area (Å²) in [6.45, 7) is 0.538. The normalized spacial score (nSPS) is 16.1. The van der Waals surface area contributed by atoms with Crippen molar-refractivity contribution < 1.29 is 18.7 Å². The molecule has 3 aromatic rings. The predicted octanol–water partition coefficient (Wildman–Crippen LogP) is 4.13. The van der Waals surface area contributed by atoms with Crippen molar-refractivity contribution in [2.24, 2.45) is 0 Å². The van der Waals surface area contributed by atoms with Gasteiger partial charge in [-0.25, -0.2) is 8.78 Å². The summed E-state index contributed by atoms with van der Waals surface area (Å²) < 4.78 is 28.3. The summed E-state index contributed by atoms with van der Waals surface area (Å²) in [5.41, 5.74) is -0.745. The number of nitrogens with one attached hydrogen (secondary N) is 1. The fraction of sp³-hybridized carbons (Fsp3) is 0.238. The van der Waals surface area contributed by atoms with Crippen LogP contribution in [0.3, 0.4) is 0 Å². The topological polar surface area (TPSA) is 69.2 Å². The number of halogens is 3. The van der Waals surface area contributed by atoms with E-state index in [0.29, 0.717) is 23.4 Å². The van der Waals surface area contributed by atoms with Crippen LogP contribution in [0.5, 0.6) is 0 Å². The molecule has 2 aromatic carbocycles. The molecule has 1 aromatic heterocycles. The number of likely N-dealkylation sites (tertiary alicyclic amines) is 1. The number of aromatic amines is 1. The summed E-state index contributed by atoms with van der Waals surface area (Å²) in [5, 5.41) is 17.8. The van der Waals surface area contributed by atoms with Gasteiger partial charge >= 0.3 is 0 Å². The lowest BCUT2D eigenvalue weighted by molar-refractivity contribution is -0.0210. The minimum atomic E-state index is -1.13. The Morgan fingerprint density at radius 3 is 2.41 bits per heavy atom. The van der Waals surface area contributed by atoms with Gasteiger partial charge in [-0.1, -0.05) is 35.9 Å². The van der Waals surface area contributed by atoms with Crippen LogP contribution < -0.4 is 0 Å². The Balaban J connectivity index is 1.56. The first-order valence-corrected chi connectivity index (χ1v) is 9.53. The molecule has 150 valence electrons. The molecule has 4 rings (SSSR count). The fourth-order valence-corrected chi connectivity index (χ4v) is 4.05. The van der Waals surface area contributed by atoms with Crippen LogP contribution in [0.25, 0.3) is 11.3 Å². The monoisotopic (exact) mass is 417 g/mol. The molecule has 1 aliphatic rings. The van der Waals surface area contributed by atoms with Crippen LogP contribution in [-0.4, -0.2) is 39.2 Å². The molecule has 29 heavy (non-hydrogen) atoms. The maximum atomic E-state index is 14.2. The third kappa shape index (κ3) is 3.52. The number of aliphatic hydroxyl groups is 1. The molecule has 1 aliphatic heterocycles. The molecule has 1 amide bonds. The van der Waals surface area contributed by atoms with E-state index in [4.69, 9.17) is 11.6 Å². The number of carbonyl (C=O) groups is 1. The van der Waals surface area contributed by atoms with Gasteiger partial charge in [0, 0.05) is 23.7 Å². The summed E-state index contributed by atoms with van der Waals surface area (Å²) in [6.07, 6.45) is 1.85. The first-order valence-electron chi connectivity index (χ1n) is 9.15. The molecule has 0 spiro atoms. The molecular formula is C21H18ClF2N3O2. The quantitative estimate of drug-likeness (QED) is 0.673. The second kappa shape index (κ2) is 7.57. The Labute approximate surface area is 170 Å². The van der Waals surface area contributed by atoms with Gasteiger partial charge in [-0.15, -0.1) is 0 Å². The van der Waals surface area contributed by atoms with Gasteiger partial charge in [0.2, 0.25) is 0 Å². The number of nitrogens with zero attached hydrogens (tertiary/aromatic N) is 2. The van der Waals surface area contributed by atoms with E-state index in [9.17, 15) is 18.7 Å². The smallest absolute Gasteiger partial charge is 0.257 e. The van der Waals surface area contributed by atoms with Crippen molar-refractivity contribution in [2.75, 3.05) is 13.1 Å². The molecule has 0 unspecified atom stereocenters. The molecule has 0 radical (unpaired) electrons. The molecular weight excluding hydrogens is 400 g/mol. The first kappa shape index (κ1) is 19.5. The van der Waals surface area contributed by atoms with Gasteiger partial charge in [-0.3, -0.25) is 9.89 Å². The number of hydrogen-bond acceptors (Lipinski definition) is 3. The van der Waals surface area contributed by atoms with Crippen molar-refractivity contribution in [3.8, 4) is 11.3 Å². The number of amides is 1. The van der Waals surface area contributed by atoms with Crippen molar-refractivity contribution in [2.45, 2.75) is 18.4 Å². The van der Waals surface area contributed by atoms with E-state index >= 15 is 0 Å². The minimum absolute atomic E-state index is 0.00228. The lowest BCUT2D eigenvalue weighted by atomic mass is 9.84. The first-order chi connectivity index (χ1) is 13.9. The second-order valence-electron chi connectivity index (χ2n) is 7.06. The number of H-pyrrole nitrogens is 1. The Bertz CT molecular complexity index is 1040. The van der Waals surface area contributed by atoms with Crippen LogP contribution in [-0.2, 0) is 5.60 Å². The zero-order valence-corrected chi connectivity index (χ0v) is 16.1. The Hall–Kier alpha value is -2.77. The van der Waals surface area contributed by atoms with Crippen LogP contribution >= 0.6 is 11.6 Å². The van der Waals surface area contributed by atoms with Gasteiger partial charge in [-0.2, -0.15) is 5.10 Å². The standard InChI is InChI=1S/C21H18ClF2N3O2/c22-15-5-2-1-4-14(15)21(29)8-10-27(11-9-21)20(28)13-12-25-26-19(13)18-16(23)6-3-7-17(18)24/h1-7,12,29H,8-11H2,(H,25,26). The van der Waals surface area contributed by atoms with Gasteiger partial charge in [0.15, 0.2) is 0 Å². The van der Waals surface area contributed by atoms with E-state index in [-0.39, 0.29) is 29.9 Å². The van der Waals surface area contributed by atoms with Crippen LogP contribution in [0.4, 0.5) is 8.78 Å². The summed E-state index contributed by atoms with van der Waals surface area (Å²) in [4.78, 5) is 14.5. The highest BCUT2D eigenvalue weighted by atomic mass is 35.5. The van der Waals surface area contributed by atoms with Gasteiger partial charge in [0.1, 0.15) is 11.6 Å². The van der Waals surface area contributed by atoms with E-state index in [0.717, 1.165) is 12.1 Å². The number of rotatable bonds is 3. The molecule has 8 heteroatoms. The minimum Gasteiger partial charge on any atom is -0.385 e. The summed E-state index contributed by atoms with van der Waals surface area (Å²) in [7, 11) is 0. The molecule has 0 saturated carbocycles. The number of piperidine rings is 1. The molecule has 1 fully saturated rings. The van der Waals surface area contributed by atoms with Gasteiger partial charge in [-0.05, 0) is 31.0 Å². The third-order valence-corrected chi connectivity index (χ3v) is 5.67. The SMILES string of the molecule is O=C(c1cn[nH]c1-c1c(F)cccc1F)N1CCC(O)(c2ccccc2Cl)CC1. The van der Waals surface area contributed by atoms with Gasteiger partial charge < -0.3 is 10.0 Å². The lowest BCUT2D eigenvalue weighted by Gasteiger charge is -2.38. The van der Waals surface area contributed by atoms with E-state index in [1.54, 1.807) is 29.2 Å². The van der Waals surface area contributed by atoms with Crippen LogP contribution in [0.2, 0.25) is 5.02 Å². The molecule has 5 nitrogen and oxygen atoms in total. The Morgan fingerprint density at radius 1 is 1.10 bits per heavy atom. The number of benzene rings is 2. The summed E-state index contributed by atoms with van der Waals surface area (Å²) in [6, 6.07) is 10.6. The average Bonchev–Trinajstić information content (AvgIpc) is 3.17. The Kier molecular flexibility index (Phi) is 5.10. The molecule has 0 aliphatic carbocycles. The number of carbonyl (C=O) groups excluding carboxylic acids is 1. The summed E-state index contributed by atoms with van der Waals surface area (Å²) >= 11 is 6.22. The zero-order chi connectivity index (χ0) is 20.6. The lowest BCUT2D eigenvalue weighted by Crippen LogP contribution is -2.45. The van der Waals surface area contributed by atoms with E-state index < -0.39 is 23.1 Å². The Morgan fingerprint density at radius 2 is 1.76 bits per heavy atom. The van der Waals surface area contributed by atoms with Crippen molar-refractivity contribution in [1.29, 1.82) is 0 Å². The van der Waals surface area contributed by atoms with Crippen LogP contribution in [0.15, 0.2) is 48.7 Å². The van der Waals surface area contributed by atoms with Crippen LogP contribution in [0.1, 0.15) is 28.8 Å². The summed E-state index contributed by atoms with van der Waals surface area (Å²) in [5.74, 6) is -1.97. The van der Waals surface area contributed by atoms with E-state index in [1.165, 1.54) is 12.3 Å². The predicted molar refractivity (Wildman–Crippen MR) is 104 cm³/mol. The van der Waals surface area contributed by atoms with Crippen molar-refractivity contribution in [1.82, 2.24) is 15.1 Å². The highest BCUT2D eigenvalue weighted by Crippen LogP contribution is 2.37. The van der Waals surface area contributed by atoms with Gasteiger partial charge in [0.05, 0.1) is 28.6 Å². The fourth-order valence-electron chi connectivity index (χ4n) is 3.73. The highest BCUT2D eigenvalue weighted by Gasteiger charge is 2.37. The highest BCUT2D eigenvalue weighted by molar-refractivity contribution is 6.31. The molecule has 1 saturated heterocycles. The molecule has 0 atom stereocenters. The van der Waals surface area contributed by atoms with Crippen molar-refractivity contribution in [3.63, 3.8) is 0 Å². The largest absolute Gasteiger partial charge is 0.385 e. The number of aromatic nitrogens is 2. The maximum absolute atomic E-state index is 14.2. The second-order valence-corrected chi connectivity index (χ2v) is 7.47. The van der Waals surface area contributed by atoms with E-state index in [2.05, 4.69) is 10.2 Å². The number of hydrogen-bond donors (Lipinski definition) is 2. The molecule has 2 N–H and O–H groups in total. The average molecular weight is 418 g/mol. The zero-order valence-electron chi connectivity index (χ0n) is 15.3. The van der Waals surface area contributed by atoms with Crippen molar-refractivity contribution in [3.05, 3.63) is 76.4 Å².